The minimum atomic E-state index is -4.95. The second-order valence-electron chi connectivity index (χ2n) is 25.4. The largest absolute Gasteiger partial charge is 0.472 e. The lowest BCUT2D eigenvalue weighted by Crippen LogP contribution is -2.30. The molecule has 3 N–H and O–H groups in total. The van der Waals surface area contributed by atoms with Gasteiger partial charge in [-0.2, -0.15) is 0 Å². The number of phosphoric acid groups is 2. The number of carbonyl (C=O) groups is 4. The average Bonchev–Trinajstić information content (AvgIpc) is 3.45. The Morgan fingerprint density at radius 1 is 0.298 bits per heavy atom. The summed E-state index contributed by atoms with van der Waals surface area (Å²) in [6.07, 6.45) is 35.0. The van der Waals surface area contributed by atoms with Crippen LogP contribution in [0.3, 0.4) is 0 Å². The van der Waals surface area contributed by atoms with Crippen LogP contribution in [0.4, 0.5) is 0 Å². The number of aliphatic hydroxyl groups is 1. The number of esters is 4. The van der Waals surface area contributed by atoms with Gasteiger partial charge in [0.15, 0.2) is 12.2 Å². The molecule has 0 aliphatic heterocycles. The predicted molar refractivity (Wildman–Crippen MR) is 335 cm³/mol. The number of rotatable bonds is 62. The fourth-order valence-electron chi connectivity index (χ4n) is 9.61. The molecule has 17 nitrogen and oxygen atoms in total. The molecule has 0 saturated carbocycles. The summed E-state index contributed by atoms with van der Waals surface area (Å²) in [6.45, 7) is 13.9. The normalized spacial score (nSPS) is 14.4. The maximum Gasteiger partial charge on any atom is 0.472 e. The van der Waals surface area contributed by atoms with Crippen LogP contribution in [0, 0.1) is 23.7 Å². The van der Waals surface area contributed by atoms with Crippen LogP contribution in [0.2, 0.25) is 0 Å². The van der Waals surface area contributed by atoms with E-state index in [1.54, 1.807) is 0 Å². The molecule has 0 aromatic heterocycles. The highest BCUT2D eigenvalue weighted by Gasteiger charge is 2.30. The number of ether oxygens (including phenoxy) is 4. The van der Waals surface area contributed by atoms with E-state index in [1.165, 1.54) is 116 Å². The summed E-state index contributed by atoms with van der Waals surface area (Å²) < 4.78 is 68.0. The van der Waals surface area contributed by atoms with Crippen molar-refractivity contribution in [1.29, 1.82) is 0 Å². The van der Waals surface area contributed by atoms with Crippen molar-refractivity contribution < 1.29 is 80.2 Å². The molecule has 0 aromatic carbocycles. The van der Waals surface area contributed by atoms with E-state index in [0.29, 0.717) is 31.6 Å². The molecule has 0 fully saturated rings. The van der Waals surface area contributed by atoms with Gasteiger partial charge in [0.2, 0.25) is 0 Å². The molecule has 3 unspecified atom stereocenters. The van der Waals surface area contributed by atoms with Gasteiger partial charge in [0.25, 0.3) is 0 Å². The van der Waals surface area contributed by atoms with Crippen LogP contribution in [0.25, 0.3) is 0 Å². The second-order valence-corrected chi connectivity index (χ2v) is 28.3. The van der Waals surface area contributed by atoms with Gasteiger partial charge in [0.1, 0.15) is 19.3 Å². The number of hydrogen-bond acceptors (Lipinski definition) is 15. The molecule has 0 aliphatic carbocycles. The van der Waals surface area contributed by atoms with E-state index in [4.69, 9.17) is 37.0 Å². The first-order chi connectivity index (χ1) is 40.1. The molecule has 0 amide bonds. The molecule has 5 atom stereocenters. The summed E-state index contributed by atoms with van der Waals surface area (Å²) in [7, 11) is -9.89. The third-order valence-electron chi connectivity index (χ3n) is 14.8. The van der Waals surface area contributed by atoms with E-state index < -0.39 is 97.5 Å². The van der Waals surface area contributed by atoms with Gasteiger partial charge < -0.3 is 33.8 Å². The zero-order chi connectivity index (χ0) is 62.5. The van der Waals surface area contributed by atoms with Crippen LogP contribution in [0.1, 0.15) is 312 Å². The Balaban J connectivity index is 5.25. The van der Waals surface area contributed by atoms with Crippen molar-refractivity contribution in [2.24, 2.45) is 23.7 Å². The van der Waals surface area contributed by atoms with Gasteiger partial charge in [0, 0.05) is 25.7 Å². The third-order valence-corrected chi connectivity index (χ3v) is 16.7. The molecule has 0 rings (SSSR count). The smallest absolute Gasteiger partial charge is 0.462 e. The van der Waals surface area contributed by atoms with Crippen LogP contribution in [-0.4, -0.2) is 96.7 Å². The highest BCUT2D eigenvalue weighted by molar-refractivity contribution is 7.47. The van der Waals surface area contributed by atoms with Gasteiger partial charge in [-0.25, -0.2) is 9.13 Å². The first-order valence-electron chi connectivity index (χ1n) is 33.7. The van der Waals surface area contributed by atoms with Crippen molar-refractivity contribution in [1.82, 2.24) is 0 Å². The Morgan fingerprint density at radius 3 is 0.738 bits per heavy atom. The van der Waals surface area contributed by atoms with Gasteiger partial charge in [-0.05, 0) is 49.4 Å². The van der Waals surface area contributed by atoms with Crippen molar-refractivity contribution >= 4 is 39.5 Å². The van der Waals surface area contributed by atoms with Gasteiger partial charge in [0.05, 0.1) is 26.4 Å². The van der Waals surface area contributed by atoms with Crippen molar-refractivity contribution in [2.45, 2.75) is 331 Å². The third kappa shape index (κ3) is 59.0. The lowest BCUT2D eigenvalue weighted by atomic mass is 10.0. The fourth-order valence-corrected chi connectivity index (χ4v) is 11.2. The minimum Gasteiger partial charge on any atom is -0.462 e. The molecular weight excluding hydrogens is 1110 g/mol. The number of aliphatic hydroxyl groups excluding tert-OH is 1. The molecule has 0 spiro atoms. The Hall–Kier alpha value is -1.94. The number of hydrogen-bond donors (Lipinski definition) is 3. The summed E-state index contributed by atoms with van der Waals surface area (Å²) in [5, 5.41) is 10.5. The summed E-state index contributed by atoms with van der Waals surface area (Å²) in [5.41, 5.74) is 0. The zero-order valence-electron chi connectivity index (χ0n) is 54.5. The Kier molecular flexibility index (Phi) is 53.9. The number of unbranched alkanes of at least 4 members (excludes halogenated alkanes) is 28. The topological polar surface area (TPSA) is 237 Å². The maximum absolute atomic E-state index is 13.0. The average molecular weight is 1240 g/mol. The first-order valence-corrected chi connectivity index (χ1v) is 36.7. The zero-order valence-corrected chi connectivity index (χ0v) is 56.3. The molecular formula is C65H126O17P2. The van der Waals surface area contributed by atoms with Crippen molar-refractivity contribution in [3.63, 3.8) is 0 Å². The highest BCUT2D eigenvalue weighted by atomic mass is 31.2. The quantitative estimate of drug-likeness (QED) is 0.0222. The number of phosphoric ester groups is 2. The van der Waals surface area contributed by atoms with Crippen molar-refractivity contribution in [2.75, 3.05) is 39.6 Å². The predicted octanol–water partition coefficient (Wildman–Crippen LogP) is 17.8. The Labute approximate surface area is 511 Å². The van der Waals surface area contributed by atoms with Crippen LogP contribution in [0.5, 0.6) is 0 Å². The maximum atomic E-state index is 13.0. The van der Waals surface area contributed by atoms with E-state index in [9.17, 15) is 43.2 Å². The molecule has 0 bridgehead atoms. The van der Waals surface area contributed by atoms with Gasteiger partial charge >= 0.3 is 39.5 Å². The molecule has 0 heterocycles. The van der Waals surface area contributed by atoms with E-state index in [2.05, 4.69) is 55.4 Å². The van der Waals surface area contributed by atoms with Crippen LogP contribution in [-0.2, 0) is 65.4 Å². The molecule has 0 aromatic rings. The van der Waals surface area contributed by atoms with E-state index in [0.717, 1.165) is 108 Å². The standard InChI is InChI=1S/C65H126O17P2/c1-55(2)41-33-25-17-10-9-11-21-29-37-45-62(67)75-51-60(81-64(69)47-39-31-23-15-13-19-27-35-43-57(5)6)53-79-83(71,72)77-49-59(66)50-78-84(73,74)80-54-61(82-65(70)48-40-32-24-16-20-28-36-44-58(7)8)52-76-63(68)46-38-30-22-14-12-18-26-34-42-56(3)4/h55-61,66H,9-54H2,1-8H3,(H,71,72)(H,73,74)/t59?,60-,61-/m1/s1. The fraction of sp³-hybridized carbons (Fsp3) is 0.938. The van der Waals surface area contributed by atoms with Gasteiger partial charge in [-0.1, -0.05) is 261 Å². The van der Waals surface area contributed by atoms with Crippen LogP contribution >= 0.6 is 15.6 Å². The summed E-state index contributed by atoms with van der Waals surface area (Å²) in [4.78, 5) is 72.3. The van der Waals surface area contributed by atoms with Gasteiger partial charge in [-0.15, -0.1) is 0 Å². The van der Waals surface area contributed by atoms with Crippen LogP contribution < -0.4 is 0 Å². The minimum absolute atomic E-state index is 0.102. The Morgan fingerprint density at radius 2 is 0.500 bits per heavy atom. The first kappa shape index (κ1) is 82.1. The van der Waals surface area contributed by atoms with Crippen LogP contribution in [0.15, 0.2) is 0 Å². The van der Waals surface area contributed by atoms with E-state index in [1.807, 2.05) is 0 Å². The monoisotopic (exact) mass is 1240 g/mol. The summed E-state index contributed by atoms with van der Waals surface area (Å²) >= 11 is 0. The molecule has 84 heavy (non-hydrogen) atoms. The van der Waals surface area contributed by atoms with Crippen molar-refractivity contribution in [3.05, 3.63) is 0 Å². The molecule has 0 radical (unpaired) electrons. The number of carbonyl (C=O) groups excluding carboxylic acids is 4. The molecule has 0 aliphatic rings. The lowest BCUT2D eigenvalue weighted by molar-refractivity contribution is -0.161. The SMILES string of the molecule is CC(C)CCCCCCCCCCCC(=O)OC[C@H](COP(=O)(O)OCC(O)COP(=O)(O)OC[C@@H](COC(=O)CCCCCCCCCCC(C)C)OC(=O)CCCCCCCCCC(C)C)OC(=O)CCCCCCCCCCC(C)C. The summed E-state index contributed by atoms with van der Waals surface area (Å²) in [6, 6.07) is 0. The summed E-state index contributed by atoms with van der Waals surface area (Å²) in [5.74, 6) is 0.744. The lowest BCUT2D eigenvalue weighted by Gasteiger charge is -2.21. The Bertz CT molecular complexity index is 1680. The highest BCUT2D eigenvalue weighted by Crippen LogP contribution is 2.45. The molecule has 0 saturated heterocycles. The van der Waals surface area contributed by atoms with E-state index >= 15 is 0 Å². The van der Waals surface area contributed by atoms with Crippen molar-refractivity contribution in [3.8, 4) is 0 Å². The van der Waals surface area contributed by atoms with Gasteiger partial charge in [-0.3, -0.25) is 37.3 Å². The molecule has 19 heteroatoms. The van der Waals surface area contributed by atoms with E-state index in [-0.39, 0.29) is 25.7 Å². The molecule has 498 valence electrons. The second kappa shape index (κ2) is 55.2.